The van der Waals surface area contributed by atoms with Crippen LogP contribution in [0.2, 0.25) is 0 Å². The Morgan fingerprint density at radius 3 is 2.38 bits per heavy atom. The minimum atomic E-state index is 0.291. The Bertz CT molecular complexity index is 352. The zero-order chi connectivity index (χ0) is 11.4. The van der Waals surface area contributed by atoms with Gasteiger partial charge in [-0.2, -0.15) is 0 Å². The van der Waals surface area contributed by atoms with Gasteiger partial charge in [-0.05, 0) is 36.8 Å². The molecule has 0 amide bonds. The van der Waals surface area contributed by atoms with Crippen molar-refractivity contribution >= 4 is 0 Å². The summed E-state index contributed by atoms with van der Waals surface area (Å²) < 4.78 is 16.1. The van der Waals surface area contributed by atoms with E-state index in [0.717, 1.165) is 23.7 Å². The Morgan fingerprint density at radius 2 is 1.88 bits per heavy atom. The molecule has 16 heavy (non-hydrogen) atoms. The van der Waals surface area contributed by atoms with E-state index in [1.54, 1.807) is 0 Å². The summed E-state index contributed by atoms with van der Waals surface area (Å²) in [7, 11) is 0. The smallest absolute Gasteiger partial charge is 0.120 e. The Morgan fingerprint density at radius 1 is 1.31 bits per heavy atom. The van der Waals surface area contributed by atoms with Crippen LogP contribution in [-0.2, 0) is 4.74 Å². The largest absolute Gasteiger partial charge is 0.491 e. The Labute approximate surface area is 95.6 Å². The molecule has 0 bridgehead atoms. The van der Waals surface area contributed by atoms with Crippen LogP contribution in [-0.4, -0.2) is 25.9 Å². The van der Waals surface area contributed by atoms with Gasteiger partial charge >= 0.3 is 0 Å². The van der Waals surface area contributed by atoms with Crippen molar-refractivity contribution in [2.24, 2.45) is 0 Å². The maximum atomic E-state index is 5.51. The van der Waals surface area contributed by atoms with E-state index in [4.69, 9.17) is 14.2 Å². The fourth-order valence-electron chi connectivity index (χ4n) is 1.19. The molecule has 0 saturated carbocycles. The summed E-state index contributed by atoms with van der Waals surface area (Å²) in [6.45, 7) is 7.72. The van der Waals surface area contributed by atoms with Gasteiger partial charge in [0.25, 0.3) is 0 Å². The zero-order valence-corrected chi connectivity index (χ0v) is 9.44. The van der Waals surface area contributed by atoms with E-state index in [1.807, 2.05) is 31.2 Å². The van der Waals surface area contributed by atoms with Crippen LogP contribution in [0.1, 0.15) is 6.92 Å². The summed E-state index contributed by atoms with van der Waals surface area (Å²) in [6, 6.07) is 7.59. The van der Waals surface area contributed by atoms with Gasteiger partial charge in [-0.3, -0.25) is 0 Å². The molecule has 1 fully saturated rings. The zero-order valence-electron chi connectivity index (χ0n) is 9.44. The second kappa shape index (κ2) is 5.03. The molecule has 1 atom stereocenters. The molecule has 0 N–H and O–H groups in total. The van der Waals surface area contributed by atoms with Crippen LogP contribution in [0, 0.1) is 0 Å². The number of rotatable bonds is 6. The second-order valence-corrected chi connectivity index (χ2v) is 3.98. The molecule has 0 spiro atoms. The molecule has 1 heterocycles. The van der Waals surface area contributed by atoms with Crippen LogP contribution in [0.3, 0.4) is 0 Å². The van der Waals surface area contributed by atoms with Crippen molar-refractivity contribution in [1.29, 1.82) is 0 Å². The molecule has 3 nitrogen and oxygen atoms in total. The minimum absolute atomic E-state index is 0.291. The van der Waals surface area contributed by atoms with Crippen LogP contribution in [0.5, 0.6) is 11.5 Å². The van der Waals surface area contributed by atoms with Gasteiger partial charge in [-0.25, -0.2) is 0 Å². The normalized spacial score (nSPS) is 17.9. The average Bonchev–Trinajstić information content (AvgIpc) is 3.09. The van der Waals surface area contributed by atoms with Gasteiger partial charge in [0, 0.05) is 0 Å². The van der Waals surface area contributed by atoms with E-state index in [-0.39, 0.29) is 0 Å². The molecule has 0 aromatic heterocycles. The summed E-state index contributed by atoms with van der Waals surface area (Å²) in [5.74, 6) is 1.68. The van der Waals surface area contributed by atoms with E-state index >= 15 is 0 Å². The first kappa shape index (κ1) is 11.0. The standard InChI is InChI=1S/C13H16O3/c1-10(2)7-14-11-3-5-12(6-4-11)15-8-13-9-16-13/h3-6,13H,1,7-9H2,2H3. The fraction of sp³-hybridized carbons (Fsp3) is 0.385. The second-order valence-electron chi connectivity index (χ2n) is 3.98. The van der Waals surface area contributed by atoms with E-state index in [1.165, 1.54) is 0 Å². The van der Waals surface area contributed by atoms with Crippen molar-refractivity contribution in [2.45, 2.75) is 13.0 Å². The fourth-order valence-corrected chi connectivity index (χ4v) is 1.19. The number of hydrogen-bond donors (Lipinski definition) is 0. The molecule has 0 radical (unpaired) electrons. The molecule has 3 heteroatoms. The monoisotopic (exact) mass is 220 g/mol. The lowest BCUT2D eigenvalue weighted by atomic mass is 10.3. The predicted octanol–water partition coefficient (Wildman–Crippen LogP) is 2.42. The average molecular weight is 220 g/mol. The van der Waals surface area contributed by atoms with Crippen molar-refractivity contribution in [3.63, 3.8) is 0 Å². The number of epoxide rings is 1. The highest BCUT2D eigenvalue weighted by molar-refractivity contribution is 5.31. The maximum absolute atomic E-state index is 5.51. The van der Waals surface area contributed by atoms with Crippen LogP contribution in [0.25, 0.3) is 0 Å². The molecular formula is C13H16O3. The molecular weight excluding hydrogens is 204 g/mol. The molecule has 86 valence electrons. The Hall–Kier alpha value is -1.48. The first-order valence-electron chi connectivity index (χ1n) is 5.35. The third kappa shape index (κ3) is 3.59. The summed E-state index contributed by atoms with van der Waals surface area (Å²) in [6.07, 6.45) is 0.291. The third-order valence-electron chi connectivity index (χ3n) is 2.15. The molecule has 0 aliphatic carbocycles. The number of hydrogen-bond acceptors (Lipinski definition) is 3. The summed E-state index contributed by atoms with van der Waals surface area (Å²) in [5.41, 5.74) is 1.01. The van der Waals surface area contributed by atoms with Gasteiger partial charge in [0.2, 0.25) is 0 Å². The van der Waals surface area contributed by atoms with Crippen LogP contribution >= 0.6 is 0 Å². The predicted molar refractivity (Wildman–Crippen MR) is 62.0 cm³/mol. The van der Waals surface area contributed by atoms with Crippen molar-refractivity contribution < 1.29 is 14.2 Å². The van der Waals surface area contributed by atoms with Crippen molar-refractivity contribution in [2.75, 3.05) is 19.8 Å². The van der Waals surface area contributed by atoms with Crippen molar-refractivity contribution in [1.82, 2.24) is 0 Å². The summed E-state index contributed by atoms with van der Waals surface area (Å²) >= 11 is 0. The first-order chi connectivity index (χ1) is 7.74. The summed E-state index contributed by atoms with van der Waals surface area (Å²) in [5, 5.41) is 0. The highest BCUT2D eigenvalue weighted by Gasteiger charge is 2.22. The molecule has 1 aromatic rings. The molecule has 2 rings (SSSR count). The molecule has 1 aromatic carbocycles. The lowest BCUT2D eigenvalue weighted by Crippen LogP contribution is -2.04. The first-order valence-corrected chi connectivity index (χ1v) is 5.35. The maximum Gasteiger partial charge on any atom is 0.120 e. The molecule has 1 aliphatic heterocycles. The SMILES string of the molecule is C=C(C)COc1ccc(OCC2CO2)cc1. The van der Waals surface area contributed by atoms with E-state index in [0.29, 0.717) is 19.3 Å². The minimum Gasteiger partial charge on any atom is -0.491 e. The van der Waals surface area contributed by atoms with Crippen molar-refractivity contribution in [3.05, 3.63) is 36.4 Å². The topological polar surface area (TPSA) is 31.0 Å². The van der Waals surface area contributed by atoms with Crippen molar-refractivity contribution in [3.8, 4) is 11.5 Å². The quantitative estimate of drug-likeness (QED) is 0.545. The van der Waals surface area contributed by atoms with E-state index in [9.17, 15) is 0 Å². The van der Waals surface area contributed by atoms with Crippen LogP contribution in [0.15, 0.2) is 36.4 Å². The van der Waals surface area contributed by atoms with Gasteiger partial charge in [-0.1, -0.05) is 6.58 Å². The number of benzene rings is 1. The lowest BCUT2D eigenvalue weighted by molar-refractivity contribution is 0.262. The Kier molecular flexibility index (Phi) is 3.47. The van der Waals surface area contributed by atoms with E-state index in [2.05, 4.69) is 6.58 Å². The van der Waals surface area contributed by atoms with Crippen LogP contribution in [0.4, 0.5) is 0 Å². The molecule has 1 saturated heterocycles. The van der Waals surface area contributed by atoms with Gasteiger partial charge in [0.1, 0.15) is 30.8 Å². The molecule has 1 unspecified atom stereocenters. The summed E-state index contributed by atoms with van der Waals surface area (Å²) in [4.78, 5) is 0. The molecule has 1 aliphatic rings. The van der Waals surface area contributed by atoms with Gasteiger partial charge in [-0.15, -0.1) is 0 Å². The van der Waals surface area contributed by atoms with Crippen LogP contribution < -0.4 is 9.47 Å². The van der Waals surface area contributed by atoms with Gasteiger partial charge in [0.15, 0.2) is 0 Å². The van der Waals surface area contributed by atoms with E-state index < -0.39 is 0 Å². The van der Waals surface area contributed by atoms with Gasteiger partial charge < -0.3 is 14.2 Å². The van der Waals surface area contributed by atoms with Gasteiger partial charge in [0.05, 0.1) is 6.61 Å². The highest BCUT2D eigenvalue weighted by Crippen LogP contribution is 2.19. The third-order valence-corrected chi connectivity index (χ3v) is 2.15. The highest BCUT2D eigenvalue weighted by atomic mass is 16.6. The number of ether oxygens (including phenoxy) is 3. The lowest BCUT2D eigenvalue weighted by Gasteiger charge is -2.07. The Balaban J connectivity index is 1.80.